The fraction of sp³-hybridized carbons (Fsp3) is 0.364. The number of nitrogens with one attached hydrogen (secondary N) is 2. The molecule has 3 aromatic rings. The maximum atomic E-state index is 5.21. The van der Waals surface area contributed by atoms with Gasteiger partial charge in [-0.2, -0.15) is 4.98 Å². The Morgan fingerprint density at radius 2 is 1.74 bits per heavy atom. The molecule has 0 saturated heterocycles. The first-order chi connectivity index (χ1) is 13.3. The molecule has 0 aliphatic heterocycles. The Labute approximate surface area is 160 Å². The lowest BCUT2D eigenvalue weighted by Crippen LogP contribution is -2.23. The number of hydrogen-bond acceptors (Lipinski definition) is 5. The van der Waals surface area contributed by atoms with Gasteiger partial charge in [0.15, 0.2) is 0 Å². The summed E-state index contributed by atoms with van der Waals surface area (Å²) < 4.78 is 5.21. The Hall–Kier alpha value is -2.82. The van der Waals surface area contributed by atoms with Crippen LogP contribution < -0.4 is 15.4 Å². The lowest BCUT2D eigenvalue weighted by atomic mass is 9.95. The molecule has 1 saturated carbocycles. The Morgan fingerprint density at radius 3 is 2.52 bits per heavy atom. The Balaban J connectivity index is 1.54. The van der Waals surface area contributed by atoms with E-state index in [1.807, 2.05) is 42.5 Å². The summed E-state index contributed by atoms with van der Waals surface area (Å²) in [5.74, 6) is 2.45. The van der Waals surface area contributed by atoms with E-state index < -0.39 is 0 Å². The van der Waals surface area contributed by atoms with Gasteiger partial charge < -0.3 is 15.4 Å². The van der Waals surface area contributed by atoms with Gasteiger partial charge in [0.2, 0.25) is 5.95 Å². The van der Waals surface area contributed by atoms with Crippen molar-refractivity contribution in [3.05, 3.63) is 54.1 Å². The molecule has 0 bridgehead atoms. The highest BCUT2D eigenvalue weighted by Gasteiger charge is 2.16. The van der Waals surface area contributed by atoms with E-state index in [-0.39, 0.29) is 0 Å². The second-order valence-corrected chi connectivity index (χ2v) is 7.09. The van der Waals surface area contributed by atoms with Crippen molar-refractivity contribution in [3.63, 3.8) is 0 Å². The summed E-state index contributed by atoms with van der Waals surface area (Å²) in [6, 6.07) is 16.7. The number of ether oxygens (including phenoxy) is 1. The number of rotatable bonds is 6. The molecule has 5 heteroatoms. The smallest absolute Gasteiger partial charge is 0.225 e. The predicted molar refractivity (Wildman–Crippen MR) is 110 cm³/mol. The Morgan fingerprint density at radius 1 is 0.963 bits per heavy atom. The molecule has 1 aromatic heterocycles. The van der Waals surface area contributed by atoms with E-state index in [4.69, 9.17) is 14.7 Å². The number of fused-ring (bicyclic) bond motifs is 1. The molecule has 27 heavy (non-hydrogen) atoms. The van der Waals surface area contributed by atoms with Crippen LogP contribution in [0.25, 0.3) is 10.9 Å². The first-order valence-electron chi connectivity index (χ1n) is 9.72. The molecule has 1 heterocycles. The quantitative estimate of drug-likeness (QED) is 0.646. The van der Waals surface area contributed by atoms with Gasteiger partial charge in [0.25, 0.3) is 0 Å². The minimum absolute atomic E-state index is 0.506. The van der Waals surface area contributed by atoms with E-state index >= 15 is 0 Å². The van der Waals surface area contributed by atoms with E-state index in [9.17, 15) is 0 Å². The maximum absolute atomic E-state index is 5.21. The monoisotopic (exact) mass is 362 g/mol. The van der Waals surface area contributed by atoms with Crippen LogP contribution in [0.1, 0.15) is 37.7 Å². The minimum Gasteiger partial charge on any atom is -0.497 e. The van der Waals surface area contributed by atoms with Crippen molar-refractivity contribution in [1.29, 1.82) is 0 Å². The van der Waals surface area contributed by atoms with Crippen LogP contribution in [0.15, 0.2) is 48.5 Å². The van der Waals surface area contributed by atoms with Crippen molar-refractivity contribution in [2.45, 2.75) is 44.7 Å². The van der Waals surface area contributed by atoms with Crippen molar-refractivity contribution >= 4 is 22.7 Å². The number of hydrogen-bond donors (Lipinski definition) is 2. The standard InChI is InChI=1S/C22H26N4O/c1-27-18-13-11-16(12-14-18)15-23-22-25-20-10-6-5-9-19(20)21(26-22)24-17-7-3-2-4-8-17/h5-6,9-14,17H,2-4,7-8,15H2,1H3,(H2,23,24,25,26). The number of nitrogens with zero attached hydrogens (tertiary/aromatic N) is 2. The summed E-state index contributed by atoms with van der Waals surface area (Å²) in [6.45, 7) is 0.672. The summed E-state index contributed by atoms with van der Waals surface area (Å²) in [6.07, 6.45) is 6.36. The van der Waals surface area contributed by atoms with Crippen molar-refractivity contribution in [3.8, 4) is 5.75 Å². The van der Waals surface area contributed by atoms with Gasteiger partial charge in [-0.1, -0.05) is 43.5 Å². The molecule has 140 valence electrons. The van der Waals surface area contributed by atoms with E-state index in [1.54, 1.807) is 7.11 Å². The van der Waals surface area contributed by atoms with Crippen LogP contribution >= 0.6 is 0 Å². The predicted octanol–water partition coefficient (Wildman–Crippen LogP) is 5.00. The molecule has 4 rings (SSSR count). The highest BCUT2D eigenvalue weighted by Crippen LogP contribution is 2.26. The highest BCUT2D eigenvalue weighted by atomic mass is 16.5. The van der Waals surface area contributed by atoms with Gasteiger partial charge in [-0.15, -0.1) is 0 Å². The first-order valence-corrected chi connectivity index (χ1v) is 9.72. The van der Waals surface area contributed by atoms with E-state index in [0.29, 0.717) is 18.5 Å². The van der Waals surface area contributed by atoms with Gasteiger partial charge in [0, 0.05) is 18.0 Å². The third-order valence-corrected chi connectivity index (χ3v) is 5.16. The van der Waals surface area contributed by atoms with Crippen molar-refractivity contribution in [2.75, 3.05) is 17.7 Å². The van der Waals surface area contributed by atoms with Gasteiger partial charge in [0.1, 0.15) is 11.6 Å². The third-order valence-electron chi connectivity index (χ3n) is 5.16. The van der Waals surface area contributed by atoms with Crippen LogP contribution in [0.2, 0.25) is 0 Å². The van der Waals surface area contributed by atoms with Crippen LogP contribution in [0, 0.1) is 0 Å². The summed E-state index contributed by atoms with van der Waals surface area (Å²) in [5.41, 5.74) is 2.12. The fourth-order valence-corrected chi connectivity index (χ4v) is 3.63. The van der Waals surface area contributed by atoms with Crippen LogP contribution in [0.5, 0.6) is 5.75 Å². The molecule has 0 radical (unpaired) electrons. The maximum Gasteiger partial charge on any atom is 0.225 e. The molecule has 2 N–H and O–H groups in total. The van der Waals surface area contributed by atoms with Gasteiger partial charge in [-0.3, -0.25) is 0 Å². The SMILES string of the molecule is COc1ccc(CNc2nc(NC3CCCCC3)c3ccccc3n2)cc1. The van der Waals surface area contributed by atoms with E-state index in [2.05, 4.69) is 16.7 Å². The summed E-state index contributed by atoms with van der Waals surface area (Å²) in [7, 11) is 1.68. The van der Waals surface area contributed by atoms with Crippen LogP contribution in [0.3, 0.4) is 0 Å². The molecule has 0 unspecified atom stereocenters. The number of aromatic nitrogens is 2. The average molecular weight is 362 g/mol. The largest absolute Gasteiger partial charge is 0.497 e. The van der Waals surface area contributed by atoms with Gasteiger partial charge in [0.05, 0.1) is 12.6 Å². The molecule has 1 fully saturated rings. The zero-order valence-corrected chi connectivity index (χ0v) is 15.7. The lowest BCUT2D eigenvalue weighted by Gasteiger charge is -2.24. The molecule has 0 spiro atoms. The van der Waals surface area contributed by atoms with Gasteiger partial charge >= 0.3 is 0 Å². The molecule has 5 nitrogen and oxygen atoms in total. The zero-order chi connectivity index (χ0) is 18.5. The number of para-hydroxylation sites is 1. The lowest BCUT2D eigenvalue weighted by molar-refractivity contribution is 0.414. The summed E-state index contributed by atoms with van der Waals surface area (Å²) in [5, 5.41) is 8.12. The molecule has 1 aliphatic carbocycles. The van der Waals surface area contributed by atoms with Crippen LogP contribution in [-0.4, -0.2) is 23.1 Å². The van der Waals surface area contributed by atoms with Crippen molar-refractivity contribution in [1.82, 2.24) is 9.97 Å². The fourth-order valence-electron chi connectivity index (χ4n) is 3.63. The van der Waals surface area contributed by atoms with Crippen molar-refractivity contribution < 1.29 is 4.74 Å². The van der Waals surface area contributed by atoms with Gasteiger partial charge in [-0.05, 0) is 42.7 Å². The van der Waals surface area contributed by atoms with Crippen LogP contribution in [-0.2, 0) is 6.54 Å². The number of anilines is 2. The Bertz CT molecular complexity index is 888. The molecule has 2 aromatic carbocycles. The summed E-state index contributed by atoms with van der Waals surface area (Å²) >= 11 is 0. The topological polar surface area (TPSA) is 59.1 Å². The molecular formula is C22H26N4O. The number of methoxy groups -OCH3 is 1. The molecule has 0 amide bonds. The summed E-state index contributed by atoms with van der Waals surface area (Å²) in [4.78, 5) is 9.48. The van der Waals surface area contributed by atoms with Crippen LogP contribution in [0.4, 0.5) is 11.8 Å². The first kappa shape index (κ1) is 17.6. The second-order valence-electron chi connectivity index (χ2n) is 7.09. The van der Waals surface area contributed by atoms with Gasteiger partial charge in [-0.25, -0.2) is 4.98 Å². The van der Waals surface area contributed by atoms with E-state index in [0.717, 1.165) is 28.0 Å². The molecular weight excluding hydrogens is 336 g/mol. The highest BCUT2D eigenvalue weighted by molar-refractivity contribution is 5.90. The normalized spacial score (nSPS) is 14.9. The minimum atomic E-state index is 0.506. The molecule has 0 atom stereocenters. The number of benzene rings is 2. The molecule has 1 aliphatic rings. The van der Waals surface area contributed by atoms with E-state index in [1.165, 1.54) is 32.1 Å². The Kier molecular flexibility index (Phi) is 5.37. The average Bonchev–Trinajstić information content (AvgIpc) is 2.73. The third kappa shape index (κ3) is 4.30. The zero-order valence-electron chi connectivity index (χ0n) is 15.7. The van der Waals surface area contributed by atoms with Crippen molar-refractivity contribution in [2.24, 2.45) is 0 Å². The second kappa shape index (κ2) is 8.25.